The Morgan fingerprint density at radius 1 is 1.42 bits per heavy atom. The monoisotopic (exact) mass is 332 g/mol. The van der Waals surface area contributed by atoms with Gasteiger partial charge in [0.2, 0.25) is 5.91 Å². The predicted molar refractivity (Wildman–Crippen MR) is 92.9 cm³/mol. The number of β-amino-alcohol motifs (C(OH)–C–C–N with tert-alkyl or cyclic N) is 1. The van der Waals surface area contributed by atoms with Crippen LogP contribution in [0.1, 0.15) is 50.6 Å². The van der Waals surface area contributed by atoms with Crippen molar-refractivity contribution >= 4 is 5.91 Å². The first-order valence-corrected chi connectivity index (χ1v) is 8.89. The molecule has 2 N–H and O–H groups in total. The van der Waals surface area contributed by atoms with E-state index in [0.29, 0.717) is 13.0 Å². The van der Waals surface area contributed by atoms with E-state index in [-0.39, 0.29) is 30.1 Å². The van der Waals surface area contributed by atoms with E-state index in [4.69, 9.17) is 4.74 Å². The highest BCUT2D eigenvalue weighted by Gasteiger charge is 2.50. The molecule has 5 nitrogen and oxygen atoms in total. The lowest BCUT2D eigenvalue weighted by molar-refractivity contribution is -0.123. The molecule has 0 radical (unpaired) electrons. The van der Waals surface area contributed by atoms with Gasteiger partial charge >= 0.3 is 0 Å². The molecule has 0 unspecified atom stereocenters. The lowest BCUT2D eigenvalue weighted by Gasteiger charge is -2.38. The fourth-order valence-electron chi connectivity index (χ4n) is 4.45. The number of carbonyl (C=O) groups is 1. The molecule has 0 aromatic heterocycles. The fourth-order valence-corrected chi connectivity index (χ4v) is 4.45. The molecule has 3 atom stereocenters. The molecule has 2 aliphatic heterocycles. The Morgan fingerprint density at radius 3 is 3.00 bits per heavy atom. The molecule has 1 aromatic carbocycles. The minimum atomic E-state index is -0.250. The van der Waals surface area contributed by atoms with Crippen LogP contribution in [-0.2, 0) is 4.79 Å². The third-order valence-corrected chi connectivity index (χ3v) is 5.55. The van der Waals surface area contributed by atoms with Gasteiger partial charge in [-0.3, -0.25) is 9.69 Å². The average molecular weight is 332 g/mol. The Balaban J connectivity index is 1.94. The Hall–Kier alpha value is -1.59. The summed E-state index contributed by atoms with van der Waals surface area (Å²) in [6.07, 6.45) is 4.52. The van der Waals surface area contributed by atoms with Crippen molar-refractivity contribution in [2.24, 2.45) is 0 Å². The quantitative estimate of drug-likeness (QED) is 0.888. The Labute approximate surface area is 144 Å². The minimum Gasteiger partial charge on any atom is -0.497 e. The van der Waals surface area contributed by atoms with Gasteiger partial charge in [-0.2, -0.15) is 0 Å². The first-order chi connectivity index (χ1) is 11.6. The Bertz CT molecular complexity index is 592. The Morgan fingerprint density at radius 2 is 2.25 bits per heavy atom. The van der Waals surface area contributed by atoms with Gasteiger partial charge in [-0.1, -0.05) is 18.6 Å². The fraction of sp³-hybridized carbons (Fsp3) is 0.632. The first kappa shape index (κ1) is 17.2. The number of hydrogen-bond acceptors (Lipinski definition) is 4. The maximum atomic E-state index is 12.2. The van der Waals surface area contributed by atoms with Crippen LogP contribution in [-0.4, -0.2) is 47.8 Å². The van der Waals surface area contributed by atoms with Crippen LogP contribution in [0.2, 0.25) is 0 Å². The molecule has 0 spiro atoms. The van der Waals surface area contributed by atoms with Gasteiger partial charge in [-0.15, -0.1) is 0 Å². The highest BCUT2D eigenvalue weighted by molar-refractivity contribution is 5.77. The van der Waals surface area contributed by atoms with Crippen LogP contribution in [0, 0.1) is 0 Å². The van der Waals surface area contributed by atoms with Crippen molar-refractivity contribution in [1.29, 1.82) is 0 Å². The van der Waals surface area contributed by atoms with Crippen molar-refractivity contribution in [2.75, 3.05) is 20.3 Å². The van der Waals surface area contributed by atoms with E-state index in [1.165, 1.54) is 5.56 Å². The molecule has 0 saturated carbocycles. The van der Waals surface area contributed by atoms with Crippen LogP contribution in [0.3, 0.4) is 0 Å². The van der Waals surface area contributed by atoms with Gasteiger partial charge in [-0.25, -0.2) is 0 Å². The van der Waals surface area contributed by atoms with E-state index in [1.54, 1.807) is 7.11 Å². The number of carbonyl (C=O) groups excluding carboxylic acids is 1. The zero-order chi connectivity index (χ0) is 17.2. The lowest BCUT2D eigenvalue weighted by atomic mass is 9.85. The molecule has 3 rings (SSSR count). The Kier molecular flexibility index (Phi) is 5.11. The highest BCUT2D eigenvalue weighted by Crippen LogP contribution is 2.45. The second-order valence-corrected chi connectivity index (χ2v) is 7.19. The van der Waals surface area contributed by atoms with Crippen LogP contribution in [0.15, 0.2) is 24.3 Å². The van der Waals surface area contributed by atoms with Crippen molar-refractivity contribution in [3.63, 3.8) is 0 Å². The molecule has 0 bridgehead atoms. The largest absolute Gasteiger partial charge is 0.497 e. The molecule has 1 amide bonds. The van der Waals surface area contributed by atoms with Crippen LogP contribution < -0.4 is 10.1 Å². The number of ether oxygens (including phenoxy) is 1. The van der Waals surface area contributed by atoms with Gasteiger partial charge in [0.15, 0.2) is 0 Å². The van der Waals surface area contributed by atoms with Gasteiger partial charge in [0.1, 0.15) is 5.75 Å². The maximum absolute atomic E-state index is 12.2. The van der Waals surface area contributed by atoms with E-state index >= 15 is 0 Å². The number of hydrogen-bond donors (Lipinski definition) is 2. The van der Waals surface area contributed by atoms with Gasteiger partial charge in [-0.05, 0) is 43.9 Å². The molecule has 1 aromatic rings. The van der Waals surface area contributed by atoms with E-state index in [0.717, 1.165) is 31.4 Å². The van der Waals surface area contributed by atoms with Gasteiger partial charge in [0, 0.05) is 25.0 Å². The van der Waals surface area contributed by atoms with Gasteiger partial charge in [0.25, 0.3) is 0 Å². The number of fused-ring (bicyclic) bond motifs is 1. The number of methoxy groups -OCH3 is 1. The summed E-state index contributed by atoms with van der Waals surface area (Å²) in [5.74, 6) is 0.993. The van der Waals surface area contributed by atoms with Crippen LogP contribution in [0.4, 0.5) is 0 Å². The normalized spacial score (nSPS) is 31.0. The summed E-state index contributed by atoms with van der Waals surface area (Å²) in [4.78, 5) is 14.6. The zero-order valence-electron chi connectivity index (χ0n) is 14.6. The summed E-state index contributed by atoms with van der Waals surface area (Å²) >= 11 is 0. The number of likely N-dealkylation sites (tertiary alicyclic amines) is 1. The third-order valence-electron chi connectivity index (χ3n) is 5.55. The number of benzene rings is 1. The third kappa shape index (κ3) is 3.28. The van der Waals surface area contributed by atoms with Crippen molar-refractivity contribution in [1.82, 2.24) is 10.2 Å². The molecule has 0 aliphatic carbocycles. The molecule has 2 fully saturated rings. The second-order valence-electron chi connectivity index (χ2n) is 7.19. The van der Waals surface area contributed by atoms with Crippen molar-refractivity contribution in [3.05, 3.63) is 29.8 Å². The number of aliphatic hydroxyl groups excluding tert-OH is 1. The predicted octanol–water partition coefficient (Wildman–Crippen LogP) is 2.25. The summed E-state index contributed by atoms with van der Waals surface area (Å²) in [7, 11) is 1.68. The molecular weight excluding hydrogens is 304 g/mol. The molecule has 24 heavy (non-hydrogen) atoms. The lowest BCUT2D eigenvalue weighted by Crippen LogP contribution is -2.55. The van der Waals surface area contributed by atoms with Crippen LogP contribution in [0.5, 0.6) is 5.75 Å². The van der Waals surface area contributed by atoms with Crippen LogP contribution in [0.25, 0.3) is 0 Å². The SMILES string of the molecule is COc1cccc([C@@H]2C[C@]3(C)NC(=O)CCCC[C@@H]3N2CCO)c1. The van der Waals surface area contributed by atoms with Gasteiger partial charge in [0.05, 0.1) is 19.3 Å². The molecule has 2 heterocycles. The van der Waals surface area contributed by atoms with Crippen LogP contribution >= 0.6 is 0 Å². The summed E-state index contributed by atoms with van der Waals surface area (Å²) in [6.45, 7) is 2.91. The second kappa shape index (κ2) is 7.11. The van der Waals surface area contributed by atoms with E-state index in [2.05, 4.69) is 29.3 Å². The topological polar surface area (TPSA) is 61.8 Å². The molecule has 2 aliphatic rings. The van der Waals surface area contributed by atoms with Crippen molar-refractivity contribution < 1.29 is 14.6 Å². The van der Waals surface area contributed by atoms with E-state index in [1.807, 2.05) is 12.1 Å². The van der Waals surface area contributed by atoms with Gasteiger partial charge < -0.3 is 15.2 Å². The summed E-state index contributed by atoms with van der Waals surface area (Å²) in [6, 6.07) is 8.57. The zero-order valence-corrected chi connectivity index (χ0v) is 14.6. The number of rotatable bonds is 4. The molecule has 132 valence electrons. The van der Waals surface area contributed by atoms with E-state index in [9.17, 15) is 9.90 Å². The minimum absolute atomic E-state index is 0.126. The average Bonchev–Trinajstić information content (AvgIpc) is 2.82. The molecule has 2 saturated heterocycles. The first-order valence-electron chi connectivity index (χ1n) is 8.89. The number of aliphatic hydroxyl groups is 1. The summed E-state index contributed by atoms with van der Waals surface area (Å²) < 4.78 is 5.37. The van der Waals surface area contributed by atoms with E-state index < -0.39 is 0 Å². The smallest absolute Gasteiger partial charge is 0.220 e. The molecular formula is C19H28N2O3. The highest BCUT2D eigenvalue weighted by atomic mass is 16.5. The number of amides is 1. The number of nitrogens with zero attached hydrogens (tertiary/aromatic N) is 1. The summed E-state index contributed by atoms with van der Waals surface area (Å²) in [5, 5.41) is 12.9. The number of nitrogens with one attached hydrogen (secondary N) is 1. The standard InChI is InChI=1S/C19H28N2O3/c1-19-13-16(14-6-5-7-15(12-14)24-2)21(10-11-22)17(19)8-3-4-9-18(23)20-19/h5-7,12,16-17,22H,3-4,8-11,13H2,1-2H3,(H,20,23)/t16-,17-,19-/m0/s1. The van der Waals surface area contributed by atoms with Crippen molar-refractivity contribution in [2.45, 2.75) is 56.7 Å². The van der Waals surface area contributed by atoms with Crippen molar-refractivity contribution in [3.8, 4) is 5.75 Å². The maximum Gasteiger partial charge on any atom is 0.220 e. The molecule has 5 heteroatoms. The summed E-state index contributed by atoms with van der Waals surface area (Å²) in [5.41, 5.74) is 0.936.